The smallest absolute Gasteiger partial charge is 0.245 e. The van der Waals surface area contributed by atoms with Crippen molar-refractivity contribution in [1.82, 2.24) is 9.55 Å². The highest BCUT2D eigenvalue weighted by Crippen LogP contribution is 2.38. The highest BCUT2D eigenvalue weighted by Gasteiger charge is 2.26. The van der Waals surface area contributed by atoms with Gasteiger partial charge < -0.3 is 10.1 Å². The maximum Gasteiger partial charge on any atom is 0.245 e. The fourth-order valence-electron chi connectivity index (χ4n) is 2.48. The van der Waals surface area contributed by atoms with Crippen LogP contribution in [-0.2, 0) is 29.1 Å². The Balaban J connectivity index is 2.13. The van der Waals surface area contributed by atoms with Gasteiger partial charge in [-0.3, -0.25) is 9.36 Å². The Morgan fingerprint density at radius 1 is 1.50 bits per heavy atom. The number of fused-ring (bicyclic) bond motifs is 5. The molecule has 4 rings (SSSR count). The summed E-state index contributed by atoms with van der Waals surface area (Å²) in [7, 11) is 0. The normalized spacial score (nSPS) is 17.7. The summed E-state index contributed by atoms with van der Waals surface area (Å²) in [5.41, 5.74) is 1.16. The van der Waals surface area contributed by atoms with Crippen LogP contribution in [0.3, 0.4) is 0 Å². The first-order chi connectivity index (χ1) is 8.74. The summed E-state index contributed by atoms with van der Waals surface area (Å²) in [5.74, 6) is 0.755. The van der Waals surface area contributed by atoms with Crippen LogP contribution in [0.4, 0.5) is 5.82 Å². The van der Waals surface area contributed by atoms with Crippen molar-refractivity contribution in [3.05, 3.63) is 15.2 Å². The number of nitrogens with zero attached hydrogens (tertiary/aromatic N) is 2. The predicted octanol–water partition coefficient (Wildman–Crippen LogP) is 1.85. The van der Waals surface area contributed by atoms with E-state index < -0.39 is 0 Å². The number of carbonyl (C=O) groups is 1. The highest BCUT2D eigenvalue weighted by atomic mass is 32.1. The van der Waals surface area contributed by atoms with E-state index in [0.717, 1.165) is 34.6 Å². The summed E-state index contributed by atoms with van der Waals surface area (Å²) in [6.45, 7) is 1.61. The van der Waals surface area contributed by atoms with Gasteiger partial charge in [0.1, 0.15) is 17.2 Å². The van der Waals surface area contributed by atoms with Gasteiger partial charge in [0.05, 0.1) is 18.6 Å². The molecule has 18 heavy (non-hydrogen) atoms. The Morgan fingerprint density at radius 3 is 3.28 bits per heavy atom. The Labute approximate surface area is 111 Å². The molecule has 2 aromatic rings. The summed E-state index contributed by atoms with van der Waals surface area (Å²) in [6.07, 6.45) is 0.913. The van der Waals surface area contributed by atoms with Gasteiger partial charge in [-0.25, -0.2) is 4.98 Å². The fraction of sp³-hybridized carbons (Fsp3) is 0.364. The second kappa shape index (κ2) is 3.59. The molecule has 0 fully saturated rings. The first-order valence-corrected chi connectivity index (χ1v) is 6.89. The lowest BCUT2D eigenvalue weighted by atomic mass is 10.1. The van der Waals surface area contributed by atoms with E-state index in [4.69, 9.17) is 17.0 Å². The molecule has 0 aliphatic carbocycles. The lowest BCUT2D eigenvalue weighted by molar-refractivity contribution is -0.115. The van der Waals surface area contributed by atoms with E-state index in [0.29, 0.717) is 11.4 Å². The number of rotatable bonds is 0. The molecule has 2 aliphatic rings. The molecule has 1 amide bonds. The molecular formula is C11H9N3O2S2. The highest BCUT2D eigenvalue weighted by molar-refractivity contribution is 7.71. The Hall–Kier alpha value is -1.31. The third kappa shape index (κ3) is 1.32. The average molecular weight is 279 g/mol. The van der Waals surface area contributed by atoms with Gasteiger partial charge in [0.25, 0.3) is 0 Å². The van der Waals surface area contributed by atoms with Gasteiger partial charge in [0.2, 0.25) is 10.7 Å². The summed E-state index contributed by atoms with van der Waals surface area (Å²) in [5, 5.41) is 3.89. The third-order valence-electron chi connectivity index (χ3n) is 3.29. The quantitative estimate of drug-likeness (QED) is 0.748. The van der Waals surface area contributed by atoms with Crippen LogP contribution >= 0.6 is 23.6 Å². The molecular weight excluding hydrogens is 270 g/mol. The molecule has 2 aromatic heterocycles. The minimum absolute atomic E-state index is 0.0351. The standard InChI is InChI=1S/C11H9N3O2S2/c15-7-3-14-9(12-7)8-5-4-16-2-1-6(5)18-10(8)13-11(14)17/h1-4H2,(H,12,15). The number of aromatic nitrogens is 2. The number of nitrogens with one attached hydrogen (secondary N) is 1. The van der Waals surface area contributed by atoms with Gasteiger partial charge in [0, 0.05) is 16.9 Å². The molecule has 2 aliphatic heterocycles. The molecule has 0 spiro atoms. The van der Waals surface area contributed by atoms with E-state index in [1.807, 2.05) is 0 Å². The zero-order chi connectivity index (χ0) is 12.3. The van der Waals surface area contributed by atoms with Gasteiger partial charge in [-0.1, -0.05) is 0 Å². The van der Waals surface area contributed by atoms with Gasteiger partial charge in [-0.15, -0.1) is 11.3 Å². The molecule has 5 nitrogen and oxygen atoms in total. The Morgan fingerprint density at radius 2 is 2.39 bits per heavy atom. The zero-order valence-corrected chi connectivity index (χ0v) is 11.0. The number of amides is 1. The second-order valence-corrected chi connectivity index (χ2v) is 5.81. The maximum atomic E-state index is 11.6. The first kappa shape index (κ1) is 10.6. The van der Waals surface area contributed by atoms with Crippen LogP contribution in [0.2, 0.25) is 0 Å². The van der Waals surface area contributed by atoms with Crippen molar-refractivity contribution in [2.45, 2.75) is 19.6 Å². The number of ether oxygens (including phenoxy) is 1. The summed E-state index contributed by atoms with van der Waals surface area (Å²) in [4.78, 5) is 18.2. The number of carbonyl (C=O) groups excluding carboxylic acids is 1. The maximum absolute atomic E-state index is 11.6. The van der Waals surface area contributed by atoms with Crippen molar-refractivity contribution >= 4 is 45.5 Å². The molecule has 0 unspecified atom stereocenters. The number of hydrogen-bond donors (Lipinski definition) is 1. The van der Waals surface area contributed by atoms with Gasteiger partial charge >= 0.3 is 0 Å². The third-order valence-corrected chi connectivity index (χ3v) is 4.78. The topological polar surface area (TPSA) is 56.2 Å². The van der Waals surface area contributed by atoms with Crippen LogP contribution in [0, 0.1) is 4.77 Å². The minimum Gasteiger partial charge on any atom is -0.376 e. The number of hydrogen-bond acceptors (Lipinski definition) is 5. The molecule has 0 bridgehead atoms. The van der Waals surface area contributed by atoms with E-state index >= 15 is 0 Å². The second-order valence-electron chi connectivity index (χ2n) is 4.36. The molecule has 4 heterocycles. The van der Waals surface area contributed by atoms with Crippen molar-refractivity contribution in [2.24, 2.45) is 0 Å². The van der Waals surface area contributed by atoms with E-state index in [2.05, 4.69) is 10.3 Å². The largest absolute Gasteiger partial charge is 0.376 e. The molecule has 0 radical (unpaired) electrons. The zero-order valence-electron chi connectivity index (χ0n) is 9.36. The van der Waals surface area contributed by atoms with Crippen molar-refractivity contribution in [1.29, 1.82) is 0 Å². The van der Waals surface area contributed by atoms with E-state index in [1.54, 1.807) is 15.9 Å². The van der Waals surface area contributed by atoms with Crippen LogP contribution in [-0.4, -0.2) is 22.1 Å². The van der Waals surface area contributed by atoms with E-state index in [1.165, 1.54) is 4.88 Å². The summed E-state index contributed by atoms with van der Waals surface area (Å²) >= 11 is 6.89. The van der Waals surface area contributed by atoms with E-state index in [9.17, 15) is 4.79 Å². The van der Waals surface area contributed by atoms with Crippen molar-refractivity contribution in [3.63, 3.8) is 0 Å². The Kier molecular flexibility index (Phi) is 2.12. The molecule has 0 saturated heterocycles. The van der Waals surface area contributed by atoms with Gasteiger partial charge in [-0.2, -0.15) is 0 Å². The SMILES string of the molecule is O=C1Cn2c(c3c4c(sc3nc2=S)CCOC4)N1. The van der Waals surface area contributed by atoms with Crippen LogP contribution in [0.1, 0.15) is 10.4 Å². The first-order valence-electron chi connectivity index (χ1n) is 5.67. The minimum atomic E-state index is -0.0351. The lowest BCUT2D eigenvalue weighted by Crippen LogP contribution is -2.08. The predicted molar refractivity (Wildman–Crippen MR) is 70.4 cm³/mol. The molecule has 0 aromatic carbocycles. The number of thiophene rings is 1. The molecule has 1 N–H and O–H groups in total. The number of anilines is 1. The van der Waals surface area contributed by atoms with Crippen molar-refractivity contribution in [2.75, 3.05) is 11.9 Å². The molecule has 0 saturated carbocycles. The summed E-state index contributed by atoms with van der Waals surface area (Å²) < 4.78 is 7.74. The molecule has 7 heteroatoms. The van der Waals surface area contributed by atoms with Crippen LogP contribution in [0.5, 0.6) is 0 Å². The van der Waals surface area contributed by atoms with Gasteiger partial charge in [0.15, 0.2) is 0 Å². The van der Waals surface area contributed by atoms with Crippen molar-refractivity contribution < 1.29 is 9.53 Å². The Bertz CT molecular complexity index is 747. The van der Waals surface area contributed by atoms with Crippen molar-refractivity contribution in [3.8, 4) is 0 Å². The fourth-order valence-corrected chi connectivity index (χ4v) is 3.95. The molecule has 92 valence electrons. The average Bonchev–Trinajstić information content (AvgIpc) is 2.88. The lowest BCUT2D eigenvalue weighted by Gasteiger charge is -2.12. The van der Waals surface area contributed by atoms with Crippen LogP contribution in [0.25, 0.3) is 10.2 Å². The van der Waals surface area contributed by atoms with E-state index in [-0.39, 0.29) is 12.5 Å². The summed E-state index contributed by atoms with van der Waals surface area (Å²) in [6, 6.07) is 0. The monoisotopic (exact) mass is 279 g/mol. The van der Waals surface area contributed by atoms with Gasteiger partial charge in [-0.05, 0) is 12.2 Å². The van der Waals surface area contributed by atoms with Crippen LogP contribution in [0.15, 0.2) is 0 Å². The van der Waals surface area contributed by atoms with Crippen LogP contribution < -0.4 is 5.32 Å². The molecule has 0 atom stereocenters.